The molecule has 0 spiro atoms. The van der Waals surface area contributed by atoms with Crippen LogP contribution in [0.1, 0.15) is 30.9 Å². The van der Waals surface area contributed by atoms with Crippen LogP contribution in [0.3, 0.4) is 0 Å². The third-order valence-corrected chi connectivity index (χ3v) is 5.01. The Bertz CT molecular complexity index is 1160. The molecule has 0 atom stereocenters. The number of aromatic nitrogens is 2. The molecule has 4 heteroatoms. The summed E-state index contributed by atoms with van der Waals surface area (Å²) in [6.45, 7) is 4.26. The lowest BCUT2D eigenvalue weighted by Gasteiger charge is -2.12. The number of nitrogens with zero attached hydrogens (tertiary/aromatic N) is 2. The van der Waals surface area contributed by atoms with Gasteiger partial charge in [-0.3, -0.25) is 4.57 Å². The molecule has 0 aliphatic carbocycles. The number of hydrogen-bond donors (Lipinski definition) is 0. The maximum atomic E-state index is 6.48. The van der Waals surface area contributed by atoms with Crippen molar-refractivity contribution in [2.24, 2.45) is 0 Å². The number of benzene rings is 2. The molecule has 2 aromatic heterocycles. The maximum Gasteiger partial charge on any atom is 0.180 e. The van der Waals surface area contributed by atoms with E-state index in [1.165, 1.54) is 0 Å². The Morgan fingerprint density at radius 2 is 1.79 bits per heavy atom. The topological polar surface area (TPSA) is 31.0 Å². The Morgan fingerprint density at radius 1 is 1.04 bits per heavy atom. The minimum Gasteiger partial charge on any atom is -0.453 e. The molecule has 0 amide bonds. The smallest absolute Gasteiger partial charge is 0.180 e. The SMILES string of the molecule is C#Cc1ccc(-c2ccc(-c3nccn3-c3ccc(C(C)C)c(Cl)c3)o2)cc1. The van der Waals surface area contributed by atoms with Crippen molar-refractivity contribution in [1.82, 2.24) is 9.55 Å². The minimum atomic E-state index is 0.372. The van der Waals surface area contributed by atoms with Gasteiger partial charge in [-0.1, -0.05) is 49.6 Å². The van der Waals surface area contributed by atoms with Crippen LogP contribution in [0.15, 0.2) is 71.4 Å². The normalized spacial score (nSPS) is 11.0. The molecule has 0 aliphatic rings. The van der Waals surface area contributed by atoms with Crippen LogP contribution < -0.4 is 0 Å². The zero-order valence-corrected chi connectivity index (χ0v) is 16.4. The summed E-state index contributed by atoms with van der Waals surface area (Å²) in [6.07, 6.45) is 9.08. The van der Waals surface area contributed by atoms with E-state index < -0.39 is 0 Å². The van der Waals surface area contributed by atoms with Gasteiger partial charge in [0.05, 0.1) is 0 Å². The Labute approximate surface area is 169 Å². The van der Waals surface area contributed by atoms with Gasteiger partial charge in [0, 0.05) is 34.2 Å². The Kier molecular flexibility index (Phi) is 4.81. The van der Waals surface area contributed by atoms with E-state index in [9.17, 15) is 0 Å². The monoisotopic (exact) mass is 386 g/mol. The maximum absolute atomic E-state index is 6.48. The first-order valence-corrected chi connectivity index (χ1v) is 9.45. The van der Waals surface area contributed by atoms with Gasteiger partial charge in [0.2, 0.25) is 0 Å². The van der Waals surface area contributed by atoms with E-state index in [0.717, 1.165) is 39.0 Å². The molecular formula is C24H19ClN2O. The van der Waals surface area contributed by atoms with Crippen molar-refractivity contribution >= 4 is 11.6 Å². The average molecular weight is 387 g/mol. The minimum absolute atomic E-state index is 0.372. The van der Waals surface area contributed by atoms with Crippen molar-refractivity contribution in [3.05, 3.63) is 83.1 Å². The number of terminal acetylenes is 1. The summed E-state index contributed by atoms with van der Waals surface area (Å²) in [5.41, 5.74) is 3.88. The van der Waals surface area contributed by atoms with Gasteiger partial charge in [-0.25, -0.2) is 4.98 Å². The summed E-state index contributed by atoms with van der Waals surface area (Å²) in [5.74, 6) is 5.16. The standard InChI is InChI=1S/C24H19ClN2O/c1-4-17-5-7-18(8-6-17)22-11-12-23(28-22)24-26-13-14-27(24)19-9-10-20(16(2)3)21(25)15-19/h1,5-16H,2-3H3. The molecule has 0 bridgehead atoms. The molecule has 0 saturated carbocycles. The first kappa shape index (κ1) is 18.2. The third-order valence-electron chi connectivity index (χ3n) is 4.69. The Balaban J connectivity index is 1.69. The van der Waals surface area contributed by atoms with E-state index in [4.69, 9.17) is 22.4 Å². The highest BCUT2D eigenvalue weighted by Gasteiger charge is 2.14. The van der Waals surface area contributed by atoms with Gasteiger partial charge in [-0.05, 0) is 47.9 Å². The lowest BCUT2D eigenvalue weighted by molar-refractivity contribution is 0.590. The number of halogens is 1. The van der Waals surface area contributed by atoms with Crippen LogP contribution >= 0.6 is 11.6 Å². The summed E-state index contributed by atoms with van der Waals surface area (Å²) < 4.78 is 8.05. The quantitative estimate of drug-likeness (QED) is 0.372. The lowest BCUT2D eigenvalue weighted by Crippen LogP contribution is -1.97. The molecule has 0 saturated heterocycles. The predicted molar refractivity (Wildman–Crippen MR) is 114 cm³/mol. The second kappa shape index (κ2) is 7.42. The highest BCUT2D eigenvalue weighted by molar-refractivity contribution is 6.31. The zero-order chi connectivity index (χ0) is 19.7. The van der Waals surface area contributed by atoms with Crippen LogP contribution in [0, 0.1) is 12.3 Å². The van der Waals surface area contributed by atoms with E-state index in [-0.39, 0.29) is 0 Å². The fraction of sp³-hybridized carbons (Fsp3) is 0.125. The van der Waals surface area contributed by atoms with Gasteiger partial charge in [0.25, 0.3) is 0 Å². The van der Waals surface area contributed by atoms with E-state index in [1.54, 1.807) is 6.20 Å². The van der Waals surface area contributed by atoms with E-state index in [2.05, 4.69) is 36.9 Å². The van der Waals surface area contributed by atoms with Crippen LogP contribution in [0.2, 0.25) is 5.02 Å². The van der Waals surface area contributed by atoms with Crippen molar-refractivity contribution in [1.29, 1.82) is 0 Å². The Hall–Kier alpha value is -3.22. The number of rotatable bonds is 4. The molecule has 0 aliphatic heterocycles. The third kappa shape index (κ3) is 3.35. The molecule has 0 unspecified atom stereocenters. The van der Waals surface area contributed by atoms with Crippen molar-refractivity contribution in [3.63, 3.8) is 0 Å². The highest BCUT2D eigenvalue weighted by Crippen LogP contribution is 2.31. The molecule has 2 heterocycles. The fourth-order valence-corrected chi connectivity index (χ4v) is 3.57. The van der Waals surface area contributed by atoms with Gasteiger partial charge in [0.1, 0.15) is 5.76 Å². The van der Waals surface area contributed by atoms with Crippen LogP contribution in [0.4, 0.5) is 0 Å². The van der Waals surface area contributed by atoms with Crippen LogP contribution in [-0.4, -0.2) is 9.55 Å². The first-order valence-electron chi connectivity index (χ1n) is 9.07. The van der Waals surface area contributed by atoms with E-state index in [1.807, 2.05) is 53.2 Å². The van der Waals surface area contributed by atoms with Gasteiger partial charge in [0.15, 0.2) is 11.6 Å². The van der Waals surface area contributed by atoms with Crippen molar-refractivity contribution in [3.8, 4) is 40.9 Å². The van der Waals surface area contributed by atoms with Gasteiger partial charge in [-0.15, -0.1) is 6.42 Å². The second-order valence-corrected chi connectivity index (χ2v) is 7.27. The summed E-state index contributed by atoms with van der Waals surface area (Å²) in [5, 5.41) is 0.751. The summed E-state index contributed by atoms with van der Waals surface area (Å²) in [7, 11) is 0. The number of imidazole rings is 1. The van der Waals surface area contributed by atoms with E-state index in [0.29, 0.717) is 11.7 Å². The molecule has 0 N–H and O–H groups in total. The van der Waals surface area contributed by atoms with E-state index >= 15 is 0 Å². The van der Waals surface area contributed by atoms with Crippen LogP contribution in [0.5, 0.6) is 0 Å². The molecule has 28 heavy (non-hydrogen) atoms. The highest BCUT2D eigenvalue weighted by atomic mass is 35.5. The lowest BCUT2D eigenvalue weighted by atomic mass is 10.0. The molecular weight excluding hydrogens is 368 g/mol. The molecule has 0 radical (unpaired) electrons. The van der Waals surface area contributed by atoms with Crippen LogP contribution in [0.25, 0.3) is 28.6 Å². The summed E-state index contributed by atoms with van der Waals surface area (Å²) in [4.78, 5) is 4.48. The van der Waals surface area contributed by atoms with Crippen molar-refractivity contribution in [2.45, 2.75) is 19.8 Å². The van der Waals surface area contributed by atoms with Gasteiger partial charge in [-0.2, -0.15) is 0 Å². The second-order valence-electron chi connectivity index (χ2n) is 6.87. The largest absolute Gasteiger partial charge is 0.453 e. The first-order chi connectivity index (χ1) is 13.6. The molecule has 3 nitrogen and oxygen atoms in total. The molecule has 2 aromatic carbocycles. The van der Waals surface area contributed by atoms with Gasteiger partial charge < -0.3 is 4.42 Å². The molecule has 4 aromatic rings. The predicted octanol–water partition coefficient (Wildman–Crippen LogP) is 6.56. The molecule has 0 fully saturated rings. The zero-order valence-electron chi connectivity index (χ0n) is 15.7. The number of hydrogen-bond acceptors (Lipinski definition) is 2. The van der Waals surface area contributed by atoms with Crippen molar-refractivity contribution in [2.75, 3.05) is 0 Å². The molecule has 4 rings (SSSR count). The number of furan rings is 1. The van der Waals surface area contributed by atoms with Gasteiger partial charge >= 0.3 is 0 Å². The van der Waals surface area contributed by atoms with Crippen LogP contribution in [-0.2, 0) is 0 Å². The van der Waals surface area contributed by atoms with Crippen molar-refractivity contribution < 1.29 is 4.42 Å². The summed E-state index contributed by atoms with van der Waals surface area (Å²) >= 11 is 6.48. The molecule has 138 valence electrons. The average Bonchev–Trinajstić information content (AvgIpc) is 3.37. The fourth-order valence-electron chi connectivity index (χ4n) is 3.17. The summed E-state index contributed by atoms with van der Waals surface area (Å²) in [6, 6.07) is 17.6. The Morgan fingerprint density at radius 3 is 2.46 bits per heavy atom.